The number of ether oxygens (including phenoxy) is 2. The van der Waals surface area contributed by atoms with E-state index < -0.39 is 12.0 Å². The molecule has 2 saturated heterocycles. The van der Waals surface area contributed by atoms with E-state index in [0.717, 1.165) is 24.9 Å². The van der Waals surface area contributed by atoms with Crippen molar-refractivity contribution in [2.75, 3.05) is 19.7 Å². The van der Waals surface area contributed by atoms with Crippen molar-refractivity contribution >= 4 is 26.8 Å². The molecule has 2 aliphatic rings. The number of alkyl halides is 1. The Morgan fingerprint density at radius 3 is 2.81 bits per heavy atom. The van der Waals surface area contributed by atoms with Crippen LogP contribution < -0.4 is 9.47 Å². The molecule has 0 bridgehead atoms. The van der Waals surface area contributed by atoms with Crippen LogP contribution in [-0.4, -0.2) is 46.3 Å². The number of nitrogens with zero attached hydrogens (tertiary/aromatic N) is 3. The topological polar surface area (TPSA) is 47.5 Å². The standard InChI is InChI=1S/C23H22BrF2N3O2/c24-18-8-7-17-20(19(18)26)27-22(28-21(17)30-13-15-5-2-1-3-6-15)31-14-23-9-4-10-29(23)12-16(25)11-23/h1-3,5-8,16H,4,9-14H2/t16-,23+/m1/s1. The Bertz CT molecular complexity index is 1100. The van der Waals surface area contributed by atoms with E-state index in [2.05, 4.69) is 30.8 Å². The third-order valence-corrected chi connectivity index (χ3v) is 6.77. The van der Waals surface area contributed by atoms with Gasteiger partial charge in [-0.25, -0.2) is 8.78 Å². The highest BCUT2D eigenvalue weighted by Crippen LogP contribution is 2.40. The molecular weight excluding hydrogens is 468 g/mol. The molecular formula is C23H22BrF2N3O2. The Kier molecular flexibility index (Phi) is 5.52. The summed E-state index contributed by atoms with van der Waals surface area (Å²) < 4.78 is 41.0. The lowest BCUT2D eigenvalue weighted by Crippen LogP contribution is -2.43. The van der Waals surface area contributed by atoms with Gasteiger partial charge in [0.05, 0.1) is 15.4 Å². The van der Waals surface area contributed by atoms with Gasteiger partial charge in [-0.2, -0.15) is 9.97 Å². The zero-order valence-electron chi connectivity index (χ0n) is 16.9. The first-order chi connectivity index (χ1) is 15.0. The van der Waals surface area contributed by atoms with Crippen molar-refractivity contribution in [3.8, 4) is 11.9 Å². The molecule has 0 unspecified atom stereocenters. The van der Waals surface area contributed by atoms with Crippen molar-refractivity contribution < 1.29 is 18.3 Å². The summed E-state index contributed by atoms with van der Waals surface area (Å²) >= 11 is 3.21. The van der Waals surface area contributed by atoms with Crippen molar-refractivity contribution in [2.24, 2.45) is 0 Å². The summed E-state index contributed by atoms with van der Waals surface area (Å²) in [5.74, 6) is -0.245. The Hall–Kier alpha value is -2.32. The zero-order chi connectivity index (χ0) is 21.4. The Morgan fingerprint density at radius 2 is 1.97 bits per heavy atom. The van der Waals surface area contributed by atoms with Crippen LogP contribution in [0, 0.1) is 5.82 Å². The van der Waals surface area contributed by atoms with Crippen LogP contribution in [-0.2, 0) is 6.61 Å². The second-order valence-electron chi connectivity index (χ2n) is 8.21. The van der Waals surface area contributed by atoms with Gasteiger partial charge in [-0.1, -0.05) is 30.3 Å². The molecule has 5 rings (SSSR count). The second-order valence-corrected chi connectivity index (χ2v) is 9.06. The van der Waals surface area contributed by atoms with Crippen LogP contribution in [0.15, 0.2) is 46.9 Å². The normalized spacial score (nSPS) is 23.3. The van der Waals surface area contributed by atoms with Crippen LogP contribution in [0.3, 0.4) is 0 Å². The highest BCUT2D eigenvalue weighted by molar-refractivity contribution is 9.10. The fraction of sp³-hybridized carbons (Fsp3) is 0.391. The number of fused-ring (bicyclic) bond motifs is 2. The summed E-state index contributed by atoms with van der Waals surface area (Å²) in [5, 5.41) is 0.467. The van der Waals surface area contributed by atoms with E-state index in [1.807, 2.05) is 30.3 Å². The molecule has 0 saturated carbocycles. The molecule has 3 aromatic rings. The smallest absolute Gasteiger partial charge is 0.320 e. The third kappa shape index (κ3) is 3.99. The van der Waals surface area contributed by atoms with E-state index in [1.54, 1.807) is 12.1 Å². The molecule has 2 atom stereocenters. The van der Waals surface area contributed by atoms with Gasteiger partial charge < -0.3 is 9.47 Å². The Labute approximate surface area is 187 Å². The van der Waals surface area contributed by atoms with Gasteiger partial charge >= 0.3 is 6.01 Å². The largest absolute Gasteiger partial charge is 0.472 e. The van der Waals surface area contributed by atoms with Crippen LogP contribution in [0.2, 0.25) is 0 Å². The molecule has 2 aromatic carbocycles. The highest BCUT2D eigenvalue weighted by atomic mass is 79.9. The van der Waals surface area contributed by atoms with Gasteiger partial charge in [0.1, 0.15) is 24.9 Å². The van der Waals surface area contributed by atoms with E-state index in [1.165, 1.54) is 0 Å². The number of aromatic nitrogens is 2. The quantitative estimate of drug-likeness (QED) is 0.483. The molecule has 0 aliphatic carbocycles. The van der Waals surface area contributed by atoms with Gasteiger partial charge in [0.2, 0.25) is 5.88 Å². The van der Waals surface area contributed by atoms with E-state index in [9.17, 15) is 8.78 Å². The van der Waals surface area contributed by atoms with Crippen LogP contribution in [0.1, 0.15) is 24.8 Å². The number of hydrogen-bond acceptors (Lipinski definition) is 5. The zero-order valence-corrected chi connectivity index (χ0v) is 18.4. The summed E-state index contributed by atoms with van der Waals surface area (Å²) in [6.07, 6.45) is 1.48. The van der Waals surface area contributed by atoms with Crippen LogP contribution in [0.25, 0.3) is 10.9 Å². The maximum Gasteiger partial charge on any atom is 0.320 e. The molecule has 2 aliphatic heterocycles. The second kappa shape index (κ2) is 8.31. The fourth-order valence-corrected chi connectivity index (χ4v) is 4.96. The van der Waals surface area contributed by atoms with Crippen molar-refractivity contribution in [1.82, 2.24) is 14.9 Å². The molecule has 0 spiro atoms. The number of rotatable bonds is 6. The Morgan fingerprint density at radius 1 is 1.13 bits per heavy atom. The van der Waals surface area contributed by atoms with Crippen LogP contribution in [0.4, 0.5) is 8.78 Å². The average Bonchev–Trinajstić information content (AvgIpc) is 3.30. The first-order valence-electron chi connectivity index (χ1n) is 10.4. The van der Waals surface area contributed by atoms with E-state index in [4.69, 9.17) is 9.47 Å². The van der Waals surface area contributed by atoms with Gasteiger partial charge in [-0.3, -0.25) is 4.90 Å². The first kappa shape index (κ1) is 20.6. The van der Waals surface area contributed by atoms with Crippen molar-refractivity contribution in [3.63, 3.8) is 0 Å². The molecule has 1 aromatic heterocycles. The predicted octanol–water partition coefficient (Wildman–Crippen LogP) is 5.07. The lowest BCUT2D eigenvalue weighted by molar-refractivity contribution is 0.106. The molecule has 2 fully saturated rings. The minimum Gasteiger partial charge on any atom is -0.472 e. The summed E-state index contributed by atoms with van der Waals surface area (Å²) in [6.45, 7) is 1.86. The maximum absolute atomic E-state index is 14.8. The number of benzene rings is 2. The SMILES string of the molecule is Fc1c(Br)ccc2c(OCc3ccccc3)nc(OC[C@@]34CCCN3C[C@H](F)C4)nc12. The number of hydrogen-bond donors (Lipinski definition) is 0. The van der Waals surface area contributed by atoms with E-state index in [0.29, 0.717) is 22.8 Å². The monoisotopic (exact) mass is 489 g/mol. The fourth-order valence-electron chi connectivity index (χ4n) is 4.64. The molecule has 0 radical (unpaired) electrons. The van der Waals surface area contributed by atoms with Gasteiger partial charge in [0.25, 0.3) is 0 Å². The summed E-state index contributed by atoms with van der Waals surface area (Å²) in [6, 6.07) is 13.0. The van der Waals surface area contributed by atoms with Crippen LogP contribution in [0.5, 0.6) is 11.9 Å². The molecule has 3 heterocycles. The average molecular weight is 490 g/mol. The van der Waals surface area contributed by atoms with E-state index >= 15 is 0 Å². The summed E-state index contributed by atoms with van der Waals surface area (Å²) in [7, 11) is 0. The minimum absolute atomic E-state index is 0.0381. The van der Waals surface area contributed by atoms with E-state index in [-0.39, 0.29) is 36.2 Å². The lowest BCUT2D eigenvalue weighted by atomic mass is 9.95. The Balaban J connectivity index is 1.44. The summed E-state index contributed by atoms with van der Waals surface area (Å²) in [5.41, 5.74) is 0.756. The molecule has 0 amide bonds. The molecule has 162 valence electrons. The van der Waals surface area contributed by atoms with Gasteiger partial charge in [0, 0.05) is 13.0 Å². The molecule has 8 heteroatoms. The van der Waals surface area contributed by atoms with Gasteiger partial charge in [-0.05, 0) is 53.0 Å². The van der Waals surface area contributed by atoms with Gasteiger partial charge in [-0.15, -0.1) is 0 Å². The van der Waals surface area contributed by atoms with Crippen molar-refractivity contribution in [3.05, 3.63) is 58.3 Å². The van der Waals surface area contributed by atoms with Crippen molar-refractivity contribution in [2.45, 2.75) is 37.6 Å². The van der Waals surface area contributed by atoms with Crippen LogP contribution >= 0.6 is 15.9 Å². The first-order valence-corrected chi connectivity index (χ1v) is 11.2. The molecule has 0 N–H and O–H groups in total. The maximum atomic E-state index is 14.8. The number of halogens is 3. The van der Waals surface area contributed by atoms with Gasteiger partial charge in [0.15, 0.2) is 5.82 Å². The highest BCUT2D eigenvalue weighted by Gasteiger charge is 2.49. The predicted molar refractivity (Wildman–Crippen MR) is 117 cm³/mol. The third-order valence-electron chi connectivity index (χ3n) is 6.15. The van der Waals surface area contributed by atoms with Crippen molar-refractivity contribution in [1.29, 1.82) is 0 Å². The summed E-state index contributed by atoms with van der Waals surface area (Å²) in [4.78, 5) is 10.9. The minimum atomic E-state index is -0.848. The molecule has 5 nitrogen and oxygen atoms in total. The lowest BCUT2D eigenvalue weighted by Gasteiger charge is -2.30. The molecule has 31 heavy (non-hydrogen) atoms.